The van der Waals surface area contributed by atoms with E-state index in [1.165, 1.54) is 0 Å². The van der Waals surface area contributed by atoms with Crippen molar-refractivity contribution in [2.24, 2.45) is 0 Å². The van der Waals surface area contributed by atoms with Crippen molar-refractivity contribution < 1.29 is 4.79 Å². The molecule has 5 heteroatoms. The van der Waals surface area contributed by atoms with Crippen LogP contribution in [-0.2, 0) is 4.79 Å². The molecule has 1 amide bonds. The lowest BCUT2D eigenvalue weighted by Crippen LogP contribution is -2.41. The third-order valence-electron chi connectivity index (χ3n) is 3.12. The molecule has 1 aromatic rings. The summed E-state index contributed by atoms with van der Waals surface area (Å²) in [7, 11) is 0. The smallest absolute Gasteiger partial charge is 0.244 e. The number of nitrogens with zero attached hydrogens (tertiary/aromatic N) is 2. The van der Waals surface area contributed by atoms with Crippen LogP contribution in [0.2, 0.25) is 0 Å². The van der Waals surface area contributed by atoms with Gasteiger partial charge in [0.05, 0.1) is 0 Å². The van der Waals surface area contributed by atoms with Gasteiger partial charge in [0.1, 0.15) is 17.7 Å². The first kappa shape index (κ1) is 16.3. The van der Waals surface area contributed by atoms with Crippen molar-refractivity contribution >= 4 is 17.5 Å². The van der Waals surface area contributed by atoms with Crippen molar-refractivity contribution in [2.75, 3.05) is 30.3 Å². The van der Waals surface area contributed by atoms with E-state index < -0.39 is 0 Å². The third-order valence-corrected chi connectivity index (χ3v) is 3.12. The van der Waals surface area contributed by atoms with Crippen LogP contribution in [0.25, 0.3) is 0 Å². The highest BCUT2D eigenvalue weighted by molar-refractivity contribution is 5.84. The van der Waals surface area contributed by atoms with Crippen LogP contribution in [0.1, 0.15) is 34.1 Å². The molecule has 2 N–H and O–H groups in total. The summed E-state index contributed by atoms with van der Waals surface area (Å²) in [4.78, 5) is 18.5. The molecule has 20 heavy (non-hydrogen) atoms. The first-order valence-corrected chi connectivity index (χ1v) is 7.38. The molecule has 0 bridgehead atoms. The predicted octanol–water partition coefficient (Wildman–Crippen LogP) is 2.57. The number of aromatic nitrogens is 1. The van der Waals surface area contributed by atoms with Crippen molar-refractivity contribution in [1.82, 2.24) is 9.88 Å². The highest BCUT2D eigenvalue weighted by Crippen LogP contribution is 2.11. The normalized spacial score (nSPS) is 11.8. The lowest BCUT2D eigenvalue weighted by atomic mass is 10.2. The van der Waals surface area contributed by atoms with E-state index in [9.17, 15) is 4.79 Å². The van der Waals surface area contributed by atoms with Crippen LogP contribution in [0.5, 0.6) is 0 Å². The fourth-order valence-electron chi connectivity index (χ4n) is 1.96. The Hall–Kier alpha value is -1.78. The van der Waals surface area contributed by atoms with Crippen molar-refractivity contribution in [2.45, 2.75) is 40.2 Å². The summed E-state index contributed by atoms with van der Waals surface area (Å²) in [6.07, 6.45) is 1.05. The first-order chi connectivity index (χ1) is 9.62. The third kappa shape index (κ3) is 4.72. The van der Waals surface area contributed by atoms with E-state index in [0.717, 1.165) is 37.7 Å². The van der Waals surface area contributed by atoms with Gasteiger partial charge in [0.25, 0.3) is 0 Å². The van der Waals surface area contributed by atoms with E-state index in [-0.39, 0.29) is 11.9 Å². The summed E-state index contributed by atoms with van der Waals surface area (Å²) in [5.74, 6) is 1.65. The van der Waals surface area contributed by atoms with Gasteiger partial charge < -0.3 is 15.5 Å². The Balaban J connectivity index is 2.65. The molecule has 0 saturated heterocycles. The molecule has 0 spiro atoms. The van der Waals surface area contributed by atoms with Crippen LogP contribution >= 0.6 is 0 Å². The first-order valence-electron chi connectivity index (χ1n) is 7.38. The van der Waals surface area contributed by atoms with Gasteiger partial charge in [-0.05, 0) is 39.3 Å². The highest BCUT2D eigenvalue weighted by atomic mass is 16.2. The second kappa shape index (κ2) is 8.40. The average molecular weight is 278 g/mol. The molecule has 1 heterocycles. The standard InChI is InChI=1S/C15H26N4O/c1-5-11-16-13-9-8-10-14(18-13)17-12(4)15(20)19(6-2)7-3/h8-10,12H,5-7,11H2,1-4H3,(H2,16,17,18). The Morgan fingerprint density at radius 2 is 1.90 bits per heavy atom. The molecule has 0 aliphatic carbocycles. The van der Waals surface area contributed by atoms with E-state index in [1.807, 2.05) is 43.9 Å². The van der Waals surface area contributed by atoms with Crippen LogP contribution in [-0.4, -0.2) is 41.5 Å². The Kier molecular flexibility index (Phi) is 6.84. The van der Waals surface area contributed by atoms with Gasteiger partial charge in [-0.1, -0.05) is 13.0 Å². The van der Waals surface area contributed by atoms with Gasteiger partial charge in [-0.25, -0.2) is 4.98 Å². The van der Waals surface area contributed by atoms with Crippen molar-refractivity contribution in [1.29, 1.82) is 0 Å². The molecule has 0 aliphatic heterocycles. The topological polar surface area (TPSA) is 57.3 Å². The molecule has 5 nitrogen and oxygen atoms in total. The number of hydrogen-bond acceptors (Lipinski definition) is 4. The fourth-order valence-corrected chi connectivity index (χ4v) is 1.96. The lowest BCUT2D eigenvalue weighted by Gasteiger charge is -2.23. The fraction of sp³-hybridized carbons (Fsp3) is 0.600. The Bertz CT molecular complexity index is 418. The number of nitrogens with one attached hydrogen (secondary N) is 2. The maximum absolute atomic E-state index is 12.2. The van der Waals surface area contributed by atoms with Crippen LogP contribution in [0.3, 0.4) is 0 Å². The average Bonchev–Trinajstić information content (AvgIpc) is 2.46. The van der Waals surface area contributed by atoms with Crippen molar-refractivity contribution in [3.05, 3.63) is 18.2 Å². The Labute approximate surface area is 121 Å². The molecular formula is C15H26N4O. The van der Waals surface area contributed by atoms with Crippen LogP contribution in [0.15, 0.2) is 18.2 Å². The number of likely N-dealkylation sites (N-methyl/N-ethyl adjacent to an activating group) is 1. The number of pyridine rings is 1. The van der Waals surface area contributed by atoms with E-state index >= 15 is 0 Å². The van der Waals surface area contributed by atoms with Gasteiger partial charge in [0, 0.05) is 19.6 Å². The van der Waals surface area contributed by atoms with Crippen molar-refractivity contribution in [3.8, 4) is 0 Å². The Morgan fingerprint density at radius 1 is 1.25 bits per heavy atom. The zero-order chi connectivity index (χ0) is 15.0. The molecule has 0 saturated carbocycles. The van der Waals surface area contributed by atoms with Gasteiger partial charge >= 0.3 is 0 Å². The number of hydrogen-bond donors (Lipinski definition) is 2. The largest absolute Gasteiger partial charge is 0.370 e. The van der Waals surface area contributed by atoms with E-state index in [2.05, 4.69) is 22.5 Å². The van der Waals surface area contributed by atoms with E-state index in [0.29, 0.717) is 0 Å². The minimum absolute atomic E-state index is 0.101. The SMILES string of the molecule is CCCNc1cccc(NC(C)C(=O)N(CC)CC)n1. The predicted molar refractivity (Wildman–Crippen MR) is 84.0 cm³/mol. The monoisotopic (exact) mass is 278 g/mol. The zero-order valence-corrected chi connectivity index (χ0v) is 12.9. The second-order valence-corrected chi connectivity index (χ2v) is 4.71. The van der Waals surface area contributed by atoms with E-state index in [1.54, 1.807) is 0 Å². The second-order valence-electron chi connectivity index (χ2n) is 4.71. The summed E-state index contributed by atoms with van der Waals surface area (Å²) in [5.41, 5.74) is 0. The van der Waals surface area contributed by atoms with Crippen LogP contribution in [0, 0.1) is 0 Å². The number of carbonyl (C=O) groups is 1. The molecule has 0 fully saturated rings. The number of anilines is 2. The van der Waals surface area contributed by atoms with Crippen molar-refractivity contribution in [3.63, 3.8) is 0 Å². The van der Waals surface area contributed by atoms with Gasteiger partial charge in [0.15, 0.2) is 0 Å². The maximum Gasteiger partial charge on any atom is 0.244 e. The lowest BCUT2D eigenvalue weighted by molar-refractivity contribution is -0.131. The minimum atomic E-state index is -0.274. The molecule has 0 aliphatic rings. The Morgan fingerprint density at radius 3 is 2.50 bits per heavy atom. The number of rotatable bonds is 8. The van der Waals surface area contributed by atoms with Gasteiger partial charge in [0.2, 0.25) is 5.91 Å². The van der Waals surface area contributed by atoms with Gasteiger partial charge in [-0.2, -0.15) is 0 Å². The molecule has 0 radical (unpaired) electrons. The summed E-state index contributed by atoms with van der Waals surface area (Å²) in [5, 5.41) is 6.40. The summed E-state index contributed by atoms with van der Waals surface area (Å²) < 4.78 is 0. The van der Waals surface area contributed by atoms with Gasteiger partial charge in [-0.15, -0.1) is 0 Å². The van der Waals surface area contributed by atoms with Crippen LogP contribution in [0.4, 0.5) is 11.6 Å². The molecule has 1 aromatic heterocycles. The minimum Gasteiger partial charge on any atom is -0.370 e. The van der Waals surface area contributed by atoms with Crippen LogP contribution < -0.4 is 10.6 Å². The zero-order valence-electron chi connectivity index (χ0n) is 12.9. The summed E-state index contributed by atoms with van der Waals surface area (Å²) >= 11 is 0. The molecule has 112 valence electrons. The number of amides is 1. The molecule has 1 atom stereocenters. The summed E-state index contributed by atoms with van der Waals surface area (Å²) in [6, 6.07) is 5.46. The number of carbonyl (C=O) groups excluding carboxylic acids is 1. The molecule has 0 aromatic carbocycles. The highest BCUT2D eigenvalue weighted by Gasteiger charge is 2.18. The van der Waals surface area contributed by atoms with Gasteiger partial charge in [-0.3, -0.25) is 4.79 Å². The quantitative estimate of drug-likeness (QED) is 0.767. The van der Waals surface area contributed by atoms with E-state index in [4.69, 9.17) is 0 Å². The summed E-state index contributed by atoms with van der Waals surface area (Å²) in [6.45, 7) is 10.3. The maximum atomic E-state index is 12.2. The molecule has 1 unspecified atom stereocenters. The molecular weight excluding hydrogens is 252 g/mol. The molecule has 1 rings (SSSR count).